The van der Waals surface area contributed by atoms with E-state index >= 15 is 0 Å². The van der Waals surface area contributed by atoms with E-state index in [2.05, 4.69) is 23.3 Å². The summed E-state index contributed by atoms with van der Waals surface area (Å²) in [6.45, 7) is 4.30. The van der Waals surface area contributed by atoms with Gasteiger partial charge in [-0.1, -0.05) is 6.07 Å². The van der Waals surface area contributed by atoms with Gasteiger partial charge in [-0.15, -0.1) is 0 Å². The summed E-state index contributed by atoms with van der Waals surface area (Å²) in [7, 11) is 2.11. The van der Waals surface area contributed by atoms with Crippen LogP contribution in [0.25, 0.3) is 0 Å². The molecule has 2 heterocycles. The Kier molecular flexibility index (Phi) is 3.48. The number of hydrogen-bond donors (Lipinski definition) is 2. The van der Waals surface area contributed by atoms with E-state index in [0.717, 1.165) is 55.9 Å². The van der Waals surface area contributed by atoms with Crippen LogP contribution in [0.1, 0.15) is 24.0 Å². The number of aliphatic hydroxyl groups is 1. The van der Waals surface area contributed by atoms with Gasteiger partial charge in [0.15, 0.2) is 0 Å². The average Bonchev–Trinajstić information content (AvgIpc) is 2.66. The van der Waals surface area contributed by atoms with Gasteiger partial charge in [-0.05, 0) is 37.6 Å². The number of ether oxygens (including phenoxy) is 1. The maximum absolute atomic E-state index is 10.8. The maximum Gasteiger partial charge on any atom is 0.123 e. The summed E-state index contributed by atoms with van der Waals surface area (Å²) < 4.78 is 5.69. The van der Waals surface area contributed by atoms with Crippen molar-refractivity contribution in [3.8, 4) is 5.75 Å². The first-order valence-electron chi connectivity index (χ1n) is 7.05. The van der Waals surface area contributed by atoms with E-state index in [0.29, 0.717) is 6.61 Å². The number of rotatable bonds is 1. The van der Waals surface area contributed by atoms with Gasteiger partial charge >= 0.3 is 0 Å². The van der Waals surface area contributed by atoms with Gasteiger partial charge in [0.25, 0.3) is 0 Å². The lowest BCUT2D eigenvalue weighted by atomic mass is 9.84. The van der Waals surface area contributed by atoms with E-state index in [4.69, 9.17) is 4.74 Å². The average molecular weight is 262 g/mol. The number of nitrogens with zero attached hydrogens (tertiary/aromatic N) is 1. The van der Waals surface area contributed by atoms with Gasteiger partial charge in [-0.3, -0.25) is 0 Å². The van der Waals surface area contributed by atoms with E-state index in [1.54, 1.807) is 0 Å². The second kappa shape index (κ2) is 5.12. The van der Waals surface area contributed by atoms with Crippen molar-refractivity contribution in [1.29, 1.82) is 0 Å². The van der Waals surface area contributed by atoms with Crippen molar-refractivity contribution >= 4 is 0 Å². The van der Waals surface area contributed by atoms with Crippen LogP contribution in [0.5, 0.6) is 5.75 Å². The van der Waals surface area contributed by atoms with E-state index in [1.165, 1.54) is 0 Å². The Morgan fingerprint density at radius 2 is 2.11 bits per heavy atom. The van der Waals surface area contributed by atoms with Crippen LogP contribution in [0.2, 0.25) is 0 Å². The highest BCUT2D eigenvalue weighted by atomic mass is 16.5. The van der Waals surface area contributed by atoms with Crippen LogP contribution in [-0.4, -0.2) is 43.3 Å². The normalized spacial score (nSPS) is 23.3. The standard InChI is InChI=1S/C15H22N2O2/c1-17-7-4-15(18,5-8-17)13-2-3-14-12(10-13)11-16-6-9-19-14/h2-3,10,16,18H,4-9,11H2,1H3. The van der Waals surface area contributed by atoms with Crippen molar-refractivity contribution in [2.75, 3.05) is 33.3 Å². The highest BCUT2D eigenvalue weighted by Crippen LogP contribution is 2.35. The highest BCUT2D eigenvalue weighted by molar-refractivity contribution is 5.40. The first kappa shape index (κ1) is 12.9. The van der Waals surface area contributed by atoms with Crippen molar-refractivity contribution in [2.24, 2.45) is 0 Å². The molecule has 0 spiro atoms. The summed E-state index contributed by atoms with van der Waals surface area (Å²) in [5.74, 6) is 0.949. The largest absolute Gasteiger partial charge is 0.492 e. The Hall–Kier alpha value is -1.10. The molecule has 0 saturated carbocycles. The molecule has 0 bridgehead atoms. The predicted octanol–water partition coefficient (Wildman–Crippen LogP) is 1.08. The first-order valence-corrected chi connectivity index (χ1v) is 7.05. The van der Waals surface area contributed by atoms with Crippen LogP contribution in [0, 0.1) is 0 Å². The minimum Gasteiger partial charge on any atom is -0.492 e. The fourth-order valence-corrected chi connectivity index (χ4v) is 2.88. The molecule has 0 radical (unpaired) electrons. The van der Waals surface area contributed by atoms with Crippen LogP contribution < -0.4 is 10.1 Å². The van der Waals surface area contributed by atoms with Crippen molar-refractivity contribution in [2.45, 2.75) is 25.0 Å². The van der Waals surface area contributed by atoms with Crippen molar-refractivity contribution < 1.29 is 9.84 Å². The van der Waals surface area contributed by atoms with Crippen molar-refractivity contribution in [3.63, 3.8) is 0 Å². The molecule has 1 aromatic rings. The first-order chi connectivity index (χ1) is 9.17. The molecule has 1 fully saturated rings. The molecule has 1 aromatic carbocycles. The Balaban J connectivity index is 1.87. The minimum absolute atomic E-state index is 0.673. The summed E-state index contributed by atoms with van der Waals surface area (Å²) in [5.41, 5.74) is 1.52. The third-order valence-electron chi connectivity index (χ3n) is 4.26. The molecule has 19 heavy (non-hydrogen) atoms. The molecule has 0 aromatic heterocycles. The number of likely N-dealkylation sites (tertiary alicyclic amines) is 1. The molecular formula is C15H22N2O2. The van der Waals surface area contributed by atoms with Gasteiger partial charge in [0.05, 0.1) is 5.60 Å². The van der Waals surface area contributed by atoms with Crippen LogP contribution in [0.15, 0.2) is 18.2 Å². The van der Waals surface area contributed by atoms with Gasteiger partial charge in [0, 0.05) is 31.7 Å². The zero-order valence-corrected chi connectivity index (χ0v) is 11.5. The molecule has 104 valence electrons. The van der Waals surface area contributed by atoms with Crippen molar-refractivity contribution in [1.82, 2.24) is 10.2 Å². The molecule has 0 unspecified atom stereocenters. The second-order valence-electron chi connectivity index (χ2n) is 5.68. The summed E-state index contributed by atoms with van der Waals surface area (Å²) in [5, 5.41) is 14.2. The summed E-state index contributed by atoms with van der Waals surface area (Å²) in [6, 6.07) is 6.14. The lowest BCUT2D eigenvalue weighted by Crippen LogP contribution is -2.40. The summed E-state index contributed by atoms with van der Waals surface area (Å²) >= 11 is 0. The number of hydrogen-bond acceptors (Lipinski definition) is 4. The molecule has 2 N–H and O–H groups in total. The maximum atomic E-state index is 10.8. The Labute approximate surface area is 114 Å². The van der Waals surface area contributed by atoms with Gasteiger partial charge in [-0.2, -0.15) is 0 Å². The van der Waals surface area contributed by atoms with Crippen LogP contribution in [0.3, 0.4) is 0 Å². The molecular weight excluding hydrogens is 240 g/mol. The molecule has 1 saturated heterocycles. The van der Waals surface area contributed by atoms with Crippen LogP contribution in [-0.2, 0) is 12.1 Å². The Morgan fingerprint density at radius 1 is 1.32 bits per heavy atom. The fraction of sp³-hybridized carbons (Fsp3) is 0.600. The summed E-state index contributed by atoms with van der Waals surface area (Å²) in [4.78, 5) is 2.27. The predicted molar refractivity (Wildman–Crippen MR) is 74.3 cm³/mol. The molecule has 4 heteroatoms. The van der Waals surface area contributed by atoms with Gasteiger partial charge in [-0.25, -0.2) is 0 Å². The van der Waals surface area contributed by atoms with Gasteiger partial charge < -0.3 is 20.1 Å². The Morgan fingerprint density at radius 3 is 2.89 bits per heavy atom. The molecule has 0 amide bonds. The molecule has 2 aliphatic heterocycles. The van der Waals surface area contributed by atoms with Crippen LogP contribution >= 0.6 is 0 Å². The van der Waals surface area contributed by atoms with Gasteiger partial charge in [0.1, 0.15) is 12.4 Å². The Bertz CT molecular complexity index is 453. The van der Waals surface area contributed by atoms with Crippen LogP contribution in [0.4, 0.5) is 0 Å². The number of nitrogens with one attached hydrogen (secondary N) is 1. The lowest BCUT2D eigenvalue weighted by molar-refractivity contribution is -0.0203. The van der Waals surface area contributed by atoms with Gasteiger partial charge in [0.2, 0.25) is 0 Å². The fourth-order valence-electron chi connectivity index (χ4n) is 2.88. The number of piperidine rings is 1. The molecule has 0 aliphatic carbocycles. The molecule has 2 aliphatic rings. The van der Waals surface area contributed by atoms with Crippen molar-refractivity contribution in [3.05, 3.63) is 29.3 Å². The number of fused-ring (bicyclic) bond motifs is 1. The zero-order valence-electron chi connectivity index (χ0n) is 11.5. The third-order valence-corrected chi connectivity index (χ3v) is 4.26. The molecule has 3 rings (SSSR count). The van der Waals surface area contributed by atoms with E-state index < -0.39 is 5.60 Å². The SMILES string of the molecule is CN1CCC(O)(c2ccc3c(c2)CNCCO3)CC1. The van der Waals surface area contributed by atoms with E-state index in [1.807, 2.05) is 12.1 Å². The van der Waals surface area contributed by atoms with E-state index in [9.17, 15) is 5.11 Å². The van der Waals surface area contributed by atoms with E-state index in [-0.39, 0.29) is 0 Å². The quantitative estimate of drug-likeness (QED) is 0.795. The minimum atomic E-state index is -0.673. The number of benzene rings is 1. The highest BCUT2D eigenvalue weighted by Gasteiger charge is 2.33. The second-order valence-corrected chi connectivity index (χ2v) is 5.68. The topological polar surface area (TPSA) is 44.7 Å². The smallest absolute Gasteiger partial charge is 0.123 e. The summed E-state index contributed by atoms with van der Waals surface area (Å²) in [6.07, 6.45) is 1.60. The monoisotopic (exact) mass is 262 g/mol. The lowest BCUT2D eigenvalue weighted by Gasteiger charge is -2.37. The zero-order chi connectivity index (χ0) is 13.3. The molecule has 4 nitrogen and oxygen atoms in total. The molecule has 0 atom stereocenters. The third kappa shape index (κ3) is 2.61.